The molecule has 0 saturated heterocycles. The summed E-state index contributed by atoms with van der Waals surface area (Å²) >= 11 is 3.63. The van der Waals surface area contributed by atoms with Crippen LogP contribution in [0.5, 0.6) is 10.8 Å². The van der Waals surface area contributed by atoms with Crippen LogP contribution in [0.15, 0.2) is 18.2 Å². The van der Waals surface area contributed by atoms with Gasteiger partial charge >= 0.3 is 0 Å². The highest BCUT2D eigenvalue weighted by Gasteiger charge is 2.06. The molecule has 74 valence electrons. The molecule has 0 bridgehead atoms. The van der Waals surface area contributed by atoms with Gasteiger partial charge in [0.1, 0.15) is 5.75 Å². The van der Waals surface area contributed by atoms with E-state index in [0.29, 0.717) is 11.7 Å². The lowest BCUT2D eigenvalue weighted by molar-refractivity contribution is 0.338. The Morgan fingerprint density at radius 3 is 2.93 bits per heavy atom. The summed E-state index contributed by atoms with van der Waals surface area (Å²) in [4.78, 5) is 0. The Kier molecular flexibility index (Phi) is 2.83. The van der Waals surface area contributed by atoms with Crippen molar-refractivity contribution in [1.29, 1.82) is 0 Å². The highest BCUT2D eigenvalue weighted by atomic mass is 127. The maximum atomic E-state index is 9.34. The first-order valence-electron chi connectivity index (χ1n) is 4.25. The van der Waals surface area contributed by atoms with Gasteiger partial charge in [0.25, 0.3) is 0 Å². The lowest BCUT2D eigenvalue weighted by Gasteiger charge is -2.05. The highest BCUT2D eigenvalue weighted by molar-refractivity contribution is 14.1. The van der Waals surface area contributed by atoms with Crippen LogP contribution >= 0.6 is 33.9 Å². The molecule has 14 heavy (non-hydrogen) atoms. The molecule has 0 fully saturated rings. The molecule has 0 aliphatic heterocycles. The summed E-state index contributed by atoms with van der Waals surface area (Å²) in [6, 6.07) is 5.76. The molecule has 0 unspecified atom stereocenters. The Bertz CT molecular complexity index is 464. The Balaban J connectivity index is 2.58. The number of rotatable bonds is 2. The molecule has 0 aliphatic rings. The van der Waals surface area contributed by atoms with Crippen LogP contribution in [0.3, 0.4) is 0 Å². The Hall–Kier alpha value is -0.490. The molecule has 0 atom stereocenters. The van der Waals surface area contributed by atoms with Crippen molar-refractivity contribution in [3.05, 3.63) is 21.8 Å². The molecule has 1 aromatic carbocycles. The van der Waals surface area contributed by atoms with Gasteiger partial charge in [-0.3, -0.25) is 0 Å². The zero-order chi connectivity index (χ0) is 10.1. The van der Waals surface area contributed by atoms with E-state index >= 15 is 0 Å². The van der Waals surface area contributed by atoms with E-state index in [-0.39, 0.29) is 0 Å². The summed E-state index contributed by atoms with van der Waals surface area (Å²) in [5.41, 5.74) is 0. The topological polar surface area (TPSA) is 29.5 Å². The van der Waals surface area contributed by atoms with Crippen LogP contribution in [-0.2, 0) is 0 Å². The number of hydrogen-bond acceptors (Lipinski definition) is 3. The first-order chi connectivity index (χ1) is 6.70. The standard InChI is InChI=1S/C10H9IO2S/c1-2-13-8-3-6-4-10(12)14-9(6)5-7(8)11/h3-5,12H,2H2,1H3. The van der Waals surface area contributed by atoms with E-state index in [1.54, 1.807) is 6.07 Å². The largest absolute Gasteiger partial charge is 0.499 e. The predicted molar refractivity (Wildman–Crippen MR) is 67.4 cm³/mol. The molecule has 0 aliphatic carbocycles. The minimum Gasteiger partial charge on any atom is -0.499 e. The van der Waals surface area contributed by atoms with E-state index in [2.05, 4.69) is 22.6 Å². The first kappa shape index (κ1) is 10.0. The molecule has 0 spiro atoms. The third-order valence-electron chi connectivity index (χ3n) is 1.86. The molecular formula is C10H9IO2S. The second kappa shape index (κ2) is 3.94. The van der Waals surface area contributed by atoms with Crippen molar-refractivity contribution in [2.75, 3.05) is 6.61 Å². The fourth-order valence-corrected chi connectivity index (χ4v) is 2.95. The Morgan fingerprint density at radius 1 is 1.43 bits per heavy atom. The van der Waals surface area contributed by atoms with Crippen LogP contribution in [-0.4, -0.2) is 11.7 Å². The van der Waals surface area contributed by atoms with Crippen LogP contribution in [0, 0.1) is 3.57 Å². The van der Waals surface area contributed by atoms with Crippen molar-refractivity contribution in [3.8, 4) is 10.8 Å². The van der Waals surface area contributed by atoms with Crippen molar-refractivity contribution < 1.29 is 9.84 Å². The second-order valence-electron chi connectivity index (χ2n) is 2.84. The summed E-state index contributed by atoms with van der Waals surface area (Å²) in [6.07, 6.45) is 0. The van der Waals surface area contributed by atoms with E-state index < -0.39 is 0 Å². The van der Waals surface area contributed by atoms with E-state index in [4.69, 9.17) is 4.74 Å². The summed E-state index contributed by atoms with van der Waals surface area (Å²) in [5, 5.41) is 10.7. The van der Waals surface area contributed by atoms with Gasteiger partial charge in [0.2, 0.25) is 0 Å². The third kappa shape index (κ3) is 1.81. The van der Waals surface area contributed by atoms with Crippen LogP contribution in [0.4, 0.5) is 0 Å². The van der Waals surface area contributed by atoms with Gasteiger partial charge in [-0.1, -0.05) is 11.3 Å². The zero-order valence-corrected chi connectivity index (χ0v) is 10.6. The van der Waals surface area contributed by atoms with E-state index in [1.807, 2.05) is 19.1 Å². The number of ether oxygens (including phenoxy) is 1. The summed E-state index contributed by atoms with van der Waals surface area (Å²) < 4.78 is 7.64. The molecule has 0 amide bonds. The maximum Gasteiger partial charge on any atom is 0.172 e. The zero-order valence-electron chi connectivity index (χ0n) is 7.58. The molecule has 4 heteroatoms. The first-order valence-corrected chi connectivity index (χ1v) is 6.15. The molecular weight excluding hydrogens is 311 g/mol. The van der Waals surface area contributed by atoms with Gasteiger partial charge < -0.3 is 9.84 Å². The second-order valence-corrected chi connectivity index (χ2v) is 5.06. The monoisotopic (exact) mass is 320 g/mol. The van der Waals surface area contributed by atoms with Crippen LogP contribution in [0.2, 0.25) is 0 Å². The minimum absolute atomic E-state index is 0.351. The van der Waals surface area contributed by atoms with E-state index in [0.717, 1.165) is 19.4 Å². The number of aromatic hydroxyl groups is 1. The smallest absolute Gasteiger partial charge is 0.172 e. The normalized spacial score (nSPS) is 10.7. The third-order valence-corrected chi connectivity index (χ3v) is 3.60. The summed E-state index contributed by atoms with van der Waals surface area (Å²) in [6.45, 7) is 2.63. The molecule has 2 nitrogen and oxygen atoms in total. The number of benzene rings is 1. The number of halogens is 1. The lowest BCUT2D eigenvalue weighted by Crippen LogP contribution is -1.93. The molecule has 1 aromatic heterocycles. The Labute approximate surface area is 99.7 Å². The minimum atomic E-state index is 0.351. The fourth-order valence-electron chi connectivity index (χ4n) is 1.29. The van der Waals surface area contributed by atoms with Crippen LogP contribution < -0.4 is 4.74 Å². The molecule has 1 heterocycles. The number of fused-ring (bicyclic) bond motifs is 1. The van der Waals surface area contributed by atoms with Gasteiger partial charge in [0, 0.05) is 10.1 Å². The van der Waals surface area contributed by atoms with E-state index in [9.17, 15) is 5.11 Å². The molecule has 2 rings (SSSR count). The van der Waals surface area contributed by atoms with Crippen molar-refractivity contribution in [3.63, 3.8) is 0 Å². The van der Waals surface area contributed by atoms with Gasteiger partial charge in [-0.25, -0.2) is 0 Å². The van der Waals surface area contributed by atoms with Crippen molar-refractivity contribution in [2.45, 2.75) is 6.92 Å². The van der Waals surface area contributed by atoms with Crippen LogP contribution in [0.25, 0.3) is 10.1 Å². The molecule has 0 radical (unpaired) electrons. The fraction of sp³-hybridized carbons (Fsp3) is 0.200. The van der Waals surface area contributed by atoms with Gasteiger partial charge in [0.15, 0.2) is 5.06 Å². The van der Waals surface area contributed by atoms with Crippen LogP contribution in [0.1, 0.15) is 6.92 Å². The molecule has 1 N–H and O–H groups in total. The van der Waals surface area contributed by atoms with Crippen molar-refractivity contribution in [1.82, 2.24) is 0 Å². The van der Waals surface area contributed by atoms with Crippen molar-refractivity contribution >= 4 is 44.0 Å². The number of thiophene rings is 1. The highest BCUT2D eigenvalue weighted by Crippen LogP contribution is 2.35. The lowest BCUT2D eigenvalue weighted by atomic mass is 10.2. The van der Waals surface area contributed by atoms with Gasteiger partial charge in [-0.15, -0.1) is 0 Å². The van der Waals surface area contributed by atoms with Gasteiger partial charge in [-0.05, 0) is 47.7 Å². The predicted octanol–water partition coefficient (Wildman–Crippen LogP) is 3.61. The summed E-state index contributed by atoms with van der Waals surface area (Å²) in [7, 11) is 0. The van der Waals surface area contributed by atoms with Gasteiger partial charge in [0.05, 0.1) is 10.2 Å². The molecule has 2 aromatic rings. The number of hydrogen-bond donors (Lipinski definition) is 1. The average molecular weight is 320 g/mol. The van der Waals surface area contributed by atoms with Gasteiger partial charge in [-0.2, -0.15) is 0 Å². The molecule has 0 saturated carbocycles. The van der Waals surface area contributed by atoms with E-state index in [1.165, 1.54) is 11.3 Å². The Morgan fingerprint density at radius 2 is 2.21 bits per heavy atom. The maximum absolute atomic E-state index is 9.34. The average Bonchev–Trinajstić information content (AvgIpc) is 2.45. The quantitative estimate of drug-likeness (QED) is 0.857. The SMILES string of the molecule is CCOc1cc2cc(O)sc2cc1I. The summed E-state index contributed by atoms with van der Waals surface area (Å²) in [5.74, 6) is 0.887. The van der Waals surface area contributed by atoms with Crippen molar-refractivity contribution in [2.24, 2.45) is 0 Å².